The zero-order valence-electron chi connectivity index (χ0n) is 13.1. The minimum atomic E-state index is 0.219. The first-order valence-electron chi connectivity index (χ1n) is 8.20. The maximum Gasteiger partial charge on any atom is 0.219 e. The number of carbonyl (C=O) groups excluding carboxylic acids is 1. The Kier molecular flexibility index (Phi) is 4.29. The molecule has 2 fully saturated rings. The van der Waals surface area contributed by atoms with E-state index in [2.05, 4.69) is 36.5 Å². The average molecular weight is 286 g/mol. The van der Waals surface area contributed by atoms with E-state index in [-0.39, 0.29) is 5.91 Å². The molecular weight excluding hydrogens is 260 g/mol. The van der Waals surface area contributed by atoms with E-state index < -0.39 is 0 Å². The van der Waals surface area contributed by atoms with Gasteiger partial charge in [0.15, 0.2) is 0 Å². The summed E-state index contributed by atoms with van der Waals surface area (Å²) in [4.78, 5) is 13.3. The molecule has 0 spiro atoms. The second-order valence-electron chi connectivity index (χ2n) is 6.67. The molecule has 1 aliphatic carbocycles. The number of amides is 1. The van der Waals surface area contributed by atoms with Gasteiger partial charge in [0.25, 0.3) is 0 Å². The average Bonchev–Trinajstić information content (AvgIpc) is 2.44. The van der Waals surface area contributed by atoms with Crippen LogP contribution in [-0.2, 0) is 4.79 Å². The third kappa shape index (κ3) is 3.29. The molecule has 114 valence electrons. The molecule has 0 atom stereocenters. The lowest BCUT2D eigenvalue weighted by Crippen LogP contribution is -2.50. The predicted molar refractivity (Wildman–Crippen MR) is 85.4 cm³/mol. The Balaban J connectivity index is 1.44. The highest BCUT2D eigenvalue weighted by atomic mass is 16.2. The standard InChI is InChI=1S/C18H26N2O/c1-13-5-3-4-6-18(13)15-11-17(12-15)19-16-7-9-20(10-8-16)14(2)21/h3-6,15-17,19H,7-12H2,1-2H3. The quantitative estimate of drug-likeness (QED) is 0.926. The van der Waals surface area contributed by atoms with Crippen LogP contribution in [0.3, 0.4) is 0 Å². The fraction of sp³-hybridized carbons (Fsp3) is 0.611. The smallest absolute Gasteiger partial charge is 0.219 e. The van der Waals surface area contributed by atoms with Crippen LogP contribution in [0.25, 0.3) is 0 Å². The number of nitrogens with one attached hydrogen (secondary N) is 1. The van der Waals surface area contributed by atoms with Gasteiger partial charge in [0.05, 0.1) is 0 Å². The Morgan fingerprint density at radius 3 is 2.43 bits per heavy atom. The van der Waals surface area contributed by atoms with Gasteiger partial charge in [0, 0.05) is 32.1 Å². The van der Waals surface area contributed by atoms with Crippen molar-refractivity contribution in [3.8, 4) is 0 Å². The highest BCUT2D eigenvalue weighted by Crippen LogP contribution is 2.38. The molecule has 1 heterocycles. The van der Waals surface area contributed by atoms with Gasteiger partial charge in [-0.25, -0.2) is 0 Å². The Labute approximate surface area is 127 Å². The molecular formula is C18H26N2O. The van der Waals surface area contributed by atoms with Gasteiger partial charge in [-0.05, 0) is 49.7 Å². The predicted octanol–water partition coefficient (Wildman–Crippen LogP) is 2.84. The first-order valence-corrected chi connectivity index (χ1v) is 8.20. The zero-order chi connectivity index (χ0) is 14.8. The number of hydrogen-bond acceptors (Lipinski definition) is 2. The summed E-state index contributed by atoms with van der Waals surface area (Å²) >= 11 is 0. The summed E-state index contributed by atoms with van der Waals surface area (Å²) in [5.41, 5.74) is 2.96. The molecule has 1 saturated carbocycles. The van der Waals surface area contributed by atoms with E-state index in [0.717, 1.165) is 31.8 Å². The van der Waals surface area contributed by atoms with Crippen LogP contribution in [0.1, 0.15) is 49.7 Å². The molecule has 1 amide bonds. The van der Waals surface area contributed by atoms with Crippen LogP contribution in [0.2, 0.25) is 0 Å². The van der Waals surface area contributed by atoms with Crippen molar-refractivity contribution in [2.45, 2.75) is 57.5 Å². The third-order valence-electron chi connectivity index (χ3n) is 5.18. The van der Waals surface area contributed by atoms with E-state index in [1.165, 1.54) is 24.0 Å². The van der Waals surface area contributed by atoms with Gasteiger partial charge in [0.2, 0.25) is 5.91 Å². The topological polar surface area (TPSA) is 32.3 Å². The summed E-state index contributed by atoms with van der Waals surface area (Å²) in [5, 5.41) is 3.80. The lowest BCUT2D eigenvalue weighted by Gasteiger charge is -2.41. The summed E-state index contributed by atoms with van der Waals surface area (Å²) in [6, 6.07) is 10.0. The van der Waals surface area contributed by atoms with Gasteiger partial charge in [-0.1, -0.05) is 24.3 Å². The Bertz CT molecular complexity index is 500. The van der Waals surface area contributed by atoms with E-state index >= 15 is 0 Å². The molecule has 0 aromatic heterocycles. The van der Waals surface area contributed by atoms with Crippen LogP contribution < -0.4 is 5.32 Å². The van der Waals surface area contributed by atoms with Gasteiger partial charge < -0.3 is 10.2 Å². The fourth-order valence-corrected chi connectivity index (χ4v) is 3.75. The molecule has 3 rings (SSSR count). The first kappa shape index (κ1) is 14.6. The van der Waals surface area contributed by atoms with Crippen molar-refractivity contribution in [3.05, 3.63) is 35.4 Å². The number of aryl methyl sites for hydroxylation is 1. The van der Waals surface area contributed by atoms with Crippen molar-refractivity contribution >= 4 is 5.91 Å². The van der Waals surface area contributed by atoms with E-state index in [4.69, 9.17) is 0 Å². The van der Waals surface area contributed by atoms with Crippen LogP contribution in [0.5, 0.6) is 0 Å². The largest absolute Gasteiger partial charge is 0.343 e. The van der Waals surface area contributed by atoms with Crippen LogP contribution in [0.4, 0.5) is 0 Å². The molecule has 1 aromatic rings. The van der Waals surface area contributed by atoms with Gasteiger partial charge >= 0.3 is 0 Å². The normalized spacial score (nSPS) is 26.5. The molecule has 1 saturated heterocycles. The highest BCUT2D eigenvalue weighted by Gasteiger charge is 2.33. The Morgan fingerprint density at radius 2 is 1.81 bits per heavy atom. The van der Waals surface area contributed by atoms with Gasteiger partial charge in [-0.2, -0.15) is 0 Å². The summed E-state index contributed by atoms with van der Waals surface area (Å²) in [6.45, 7) is 5.72. The van der Waals surface area contributed by atoms with Gasteiger partial charge in [0.1, 0.15) is 0 Å². The van der Waals surface area contributed by atoms with E-state index in [1.807, 2.05) is 4.90 Å². The summed E-state index contributed by atoms with van der Waals surface area (Å²) < 4.78 is 0. The first-order chi connectivity index (χ1) is 10.1. The van der Waals surface area contributed by atoms with Crippen molar-refractivity contribution in [3.63, 3.8) is 0 Å². The SMILES string of the molecule is CC(=O)N1CCC(NC2CC(c3ccccc3C)C2)CC1. The Hall–Kier alpha value is -1.35. The molecule has 21 heavy (non-hydrogen) atoms. The maximum atomic E-state index is 11.3. The highest BCUT2D eigenvalue weighted by molar-refractivity contribution is 5.73. The molecule has 0 unspecified atom stereocenters. The molecule has 0 bridgehead atoms. The number of hydrogen-bond donors (Lipinski definition) is 1. The number of benzene rings is 1. The maximum absolute atomic E-state index is 11.3. The summed E-state index contributed by atoms with van der Waals surface area (Å²) in [6.07, 6.45) is 4.73. The summed E-state index contributed by atoms with van der Waals surface area (Å²) in [7, 11) is 0. The van der Waals surface area contributed by atoms with Gasteiger partial charge in [-0.3, -0.25) is 4.79 Å². The second kappa shape index (κ2) is 6.18. The van der Waals surface area contributed by atoms with Crippen LogP contribution in [-0.4, -0.2) is 36.0 Å². The minimum Gasteiger partial charge on any atom is -0.343 e. The number of nitrogens with zero attached hydrogens (tertiary/aromatic N) is 1. The van der Waals surface area contributed by atoms with E-state index in [0.29, 0.717) is 12.1 Å². The second-order valence-corrected chi connectivity index (χ2v) is 6.67. The Morgan fingerprint density at radius 1 is 1.14 bits per heavy atom. The molecule has 1 aliphatic heterocycles. The van der Waals surface area contributed by atoms with Gasteiger partial charge in [-0.15, -0.1) is 0 Å². The number of piperidine rings is 1. The van der Waals surface area contributed by atoms with Crippen LogP contribution in [0, 0.1) is 6.92 Å². The number of likely N-dealkylation sites (tertiary alicyclic amines) is 1. The van der Waals surface area contributed by atoms with Crippen molar-refractivity contribution in [1.29, 1.82) is 0 Å². The molecule has 1 N–H and O–H groups in total. The molecule has 3 nitrogen and oxygen atoms in total. The molecule has 1 aromatic carbocycles. The number of rotatable bonds is 3. The minimum absolute atomic E-state index is 0.219. The summed E-state index contributed by atoms with van der Waals surface area (Å²) in [5.74, 6) is 0.956. The van der Waals surface area contributed by atoms with Crippen molar-refractivity contribution in [2.75, 3.05) is 13.1 Å². The molecule has 0 radical (unpaired) electrons. The van der Waals surface area contributed by atoms with Crippen LogP contribution in [0.15, 0.2) is 24.3 Å². The van der Waals surface area contributed by atoms with Crippen LogP contribution >= 0.6 is 0 Å². The third-order valence-corrected chi connectivity index (χ3v) is 5.18. The van der Waals surface area contributed by atoms with Crippen molar-refractivity contribution in [2.24, 2.45) is 0 Å². The van der Waals surface area contributed by atoms with Crippen molar-refractivity contribution in [1.82, 2.24) is 10.2 Å². The van der Waals surface area contributed by atoms with E-state index in [9.17, 15) is 4.79 Å². The number of carbonyl (C=O) groups is 1. The molecule has 2 aliphatic rings. The lowest BCUT2D eigenvalue weighted by atomic mass is 9.74. The molecule has 3 heteroatoms. The van der Waals surface area contributed by atoms with E-state index in [1.54, 1.807) is 6.92 Å². The monoisotopic (exact) mass is 286 g/mol. The zero-order valence-corrected chi connectivity index (χ0v) is 13.1. The lowest BCUT2D eigenvalue weighted by molar-refractivity contribution is -0.129. The fourth-order valence-electron chi connectivity index (χ4n) is 3.75. The van der Waals surface area contributed by atoms with Crippen molar-refractivity contribution < 1.29 is 4.79 Å².